The Morgan fingerprint density at radius 1 is 1.15 bits per heavy atom. The molecule has 0 spiro atoms. The predicted octanol–water partition coefficient (Wildman–Crippen LogP) is 5.10. The van der Waals surface area contributed by atoms with Gasteiger partial charge in [0, 0.05) is 17.4 Å². The van der Waals surface area contributed by atoms with Crippen LogP contribution in [-0.4, -0.2) is 9.97 Å². The zero-order valence-corrected chi connectivity index (χ0v) is 15.4. The number of nitrogens with zero attached hydrogens (tertiary/aromatic N) is 1. The summed E-state index contributed by atoms with van der Waals surface area (Å²) in [5.41, 5.74) is 1.34. The summed E-state index contributed by atoms with van der Waals surface area (Å²) >= 11 is 12.0. The first-order chi connectivity index (χ1) is 12.4. The van der Waals surface area contributed by atoms with Crippen molar-refractivity contribution < 1.29 is 9.13 Å². The third-order valence-electron chi connectivity index (χ3n) is 3.78. The maximum atomic E-state index is 14.9. The average molecular weight is 393 g/mol. The second-order valence-electron chi connectivity index (χ2n) is 5.81. The number of aryl methyl sites for hydroxylation is 3. The molecule has 1 N–H and O–H groups in total. The summed E-state index contributed by atoms with van der Waals surface area (Å²) < 4.78 is 20.4. The number of aromatic nitrogens is 2. The largest absolute Gasteiger partial charge is 0.452 e. The molecule has 0 aliphatic heterocycles. The van der Waals surface area contributed by atoms with Gasteiger partial charge in [0.1, 0.15) is 5.75 Å². The average Bonchev–Trinajstić information content (AvgIpc) is 2.61. The lowest BCUT2D eigenvalue weighted by Crippen LogP contribution is -2.14. The Labute approximate surface area is 159 Å². The lowest BCUT2D eigenvalue weighted by Gasteiger charge is -2.12. The van der Waals surface area contributed by atoms with Gasteiger partial charge in [-0.05, 0) is 61.2 Å². The second-order valence-corrected chi connectivity index (χ2v) is 6.63. The number of nitrogens with one attached hydrogen (secondary N) is 1. The van der Waals surface area contributed by atoms with Crippen LogP contribution in [0.1, 0.15) is 16.8 Å². The number of rotatable bonds is 5. The van der Waals surface area contributed by atoms with Crippen LogP contribution in [0.4, 0.5) is 4.39 Å². The van der Waals surface area contributed by atoms with Crippen molar-refractivity contribution in [2.75, 3.05) is 0 Å². The molecule has 3 aromatic rings. The van der Waals surface area contributed by atoms with E-state index in [2.05, 4.69) is 9.97 Å². The fraction of sp³-hybridized carbons (Fsp3) is 0.158. The molecule has 7 heteroatoms. The van der Waals surface area contributed by atoms with Crippen LogP contribution in [0, 0.1) is 12.7 Å². The molecule has 0 fully saturated rings. The number of benzene rings is 1. The van der Waals surface area contributed by atoms with Crippen LogP contribution >= 0.6 is 23.2 Å². The molecule has 3 rings (SSSR count). The molecule has 0 aliphatic carbocycles. The second kappa shape index (κ2) is 7.89. The molecule has 2 heterocycles. The number of hydrogen-bond acceptors (Lipinski definition) is 3. The topological polar surface area (TPSA) is 55.0 Å². The van der Waals surface area contributed by atoms with Crippen molar-refractivity contribution in [3.05, 3.63) is 85.8 Å². The van der Waals surface area contributed by atoms with E-state index in [0.717, 1.165) is 11.1 Å². The van der Waals surface area contributed by atoms with Crippen molar-refractivity contribution in [3.8, 4) is 11.5 Å². The van der Waals surface area contributed by atoms with Gasteiger partial charge in [-0.2, -0.15) is 0 Å². The molecular formula is C19H15Cl2FN2O2. The van der Waals surface area contributed by atoms with Crippen LogP contribution in [0.15, 0.2) is 47.5 Å². The third-order valence-corrected chi connectivity index (χ3v) is 4.34. The zero-order valence-electron chi connectivity index (χ0n) is 13.9. The quantitative estimate of drug-likeness (QED) is 0.656. The molecule has 0 atom stereocenters. The summed E-state index contributed by atoms with van der Waals surface area (Å²) in [6, 6.07) is 8.61. The number of aromatic amines is 1. The molecule has 0 unspecified atom stereocenters. The smallest absolute Gasteiger partial charge is 0.270 e. The van der Waals surface area contributed by atoms with Gasteiger partial charge in [0.15, 0.2) is 16.6 Å². The van der Waals surface area contributed by atoms with Gasteiger partial charge in [0.25, 0.3) is 5.56 Å². The van der Waals surface area contributed by atoms with Crippen molar-refractivity contribution in [1.82, 2.24) is 9.97 Å². The fourth-order valence-electron chi connectivity index (χ4n) is 2.54. The first kappa shape index (κ1) is 18.4. The fourth-order valence-corrected chi connectivity index (χ4v) is 2.99. The number of pyridine rings is 2. The molecule has 0 saturated heterocycles. The lowest BCUT2D eigenvalue weighted by atomic mass is 10.1. The monoisotopic (exact) mass is 392 g/mol. The van der Waals surface area contributed by atoms with Gasteiger partial charge >= 0.3 is 0 Å². The Morgan fingerprint density at radius 2 is 1.88 bits per heavy atom. The van der Waals surface area contributed by atoms with Crippen molar-refractivity contribution in [2.24, 2.45) is 0 Å². The van der Waals surface area contributed by atoms with Crippen LogP contribution in [-0.2, 0) is 12.8 Å². The van der Waals surface area contributed by atoms with Gasteiger partial charge in [-0.25, -0.2) is 4.39 Å². The van der Waals surface area contributed by atoms with Crippen LogP contribution in [0.2, 0.25) is 10.0 Å². The van der Waals surface area contributed by atoms with Crippen molar-refractivity contribution in [3.63, 3.8) is 0 Å². The van der Waals surface area contributed by atoms with E-state index in [-0.39, 0.29) is 22.9 Å². The first-order valence-corrected chi connectivity index (χ1v) is 8.63. The Morgan fingerprint density at radius 3 is 2.58 bits per heavy atom. The van der Waals surface area contributed by atoms with Crippen LogP contribution in [0.3, 0.4) is 0 Å². The van der Waals surface area contributed by atoms with Gasteiger partial charge in [0.05, 0.1) is 5.69 Å². The molecule has 0 bridgehead atoms. The summed E-state index contributed by atoms with van der Waals surface area (Å²) in [5, 5.41) is 0.104. The number of hydrogen-bond donors (Lipinski definition) is 1. The van der Waals surface area contributed by atoms with E-state index in [1.54, 1.807) is 24.5 Å². The molecule has 2 aromatic heterocycles. The van der Waals surface area contributed by atoms with E-state index in [1.807, 2.05) is 19.1 Å². The van der Waals surface area contributed by atoms with E-state index in [0.29, 0.717) is 17.2 Å². The summed E-state index contributed by atoms with van der Waals surface area (Å²) in [7, 11) is 0. The van der Waals surface area contributed by atoms with Crippen LogP contribution < -0.4 is 10.3 Å². The molecule has 0 amide bonds. The SMILES string of the molecule is Cc1cc(Cl)cc(Oc2c(F)c(CCc3ccncc3)[nH]c(=O)c2Cl)c1. The van der Waals surface area contributed by atoms with Crippen molar-refractivity contribution >= 4 is 23.2 Å². The normalized spacial score (nSPS) is 10.8. The number of halogens is 3. The molecular weight excluding hydrogens is 378 g/mol. The summed E-state index contributed by atoms with van der Waals surface area (Å²) in [5.74, 6) is -0.690. The molecule has 0 aliphatic rings. The summed E-state index contributed by atoms with van der Waals surface area (Å²) in [6.07, 6.45) is 4.14. The molecule has 1 aromatic carbocycles. The maximum absolute atomic E-state index is 14.9. The van der Waals surface area contributed by atoms with Gasteiger partial charge in [-0.15, -0.1) is 0 Å². The highest BCUT2D eigenvalue weighted by molar-refractivity contribution is 6.32. The van der Waals surface area contributed by atoms with E-state index in [4.69, 9.17) is 27.9 Å². The molecule has 0 saturated carbocycles. The highest BCUT2D eigenvalue weighted by Crippen LogP contribution is 2.32. The number of H-pyrrole nitrogens is 1. The van der Waals surface area contributed by atoms with Gasteiger partial charge in [-0.1, -0.05) is 23.2 Å². The highest BCUT2D eigenvalue weighted by atomic mass is 35.5. The van der Waals surface area contributed by atoms with E-state index in [9.17, 15) is 9.18 Å². The standard InChI is InChI=1S/C19H15Cl2FN2O2/c1-11-8-13(20)10-14(9-11)26-18-16(21)19(25)24-15(17(18)22)3-2-12-4-6-23-7-5-12/h4-10H,2-3H2,1H3,(H,24,25). The van der Waals surface area contributed by atoms with Crippen LogP contribution in [0.25, 0.3) is 0 Å². The Hall–Kier alpha value is -2.37. The number of ether oxygens (including phenoxy) is 1. The molecule has 4 nitrogen and oxygen atoms in total. The lowest BCUT2D eigenvalue weighted by molar-refractivity contribution is 0.434. The van der Waals surface area contributed by atoms with Crippen molar-refractivity contribution in [1.29, 1.82) is 0 Å². The minimum absolute atomic E-state index is 0.130. The van der Waals surface area contributed by atoms with E-state index < -0.39 is 11.4 Å². The van der Waals surface area contributed by atoms with Crippen molar-refractivity contribution in [2.45, 2.75) is 19.8 Å². The summed E-state index contributed by atoms with van der Waals surface area (Å²) in [6.45, 7) is 1.83. The molecule has 26 heavy (non-hydrogen) atoms. The zero-order chi connectivity index (χ0) is 18.7. The Bertz CT molecular complexity index is 971. The Balaban J connectivity index is 1.92. The van der Waals surface area contributed by atoms with Gasteiger partial charge < -0.3 is 9.72 Å². The minimum Gasteiger partial charge on any atom is -0.452 e. The predicted molar refractivity (Wildman–Crippen MR) is 99.9 cm³/mol. The van der Waals surface area contributed by atoms with E-state index >= 15 is 0 Å². The maximum Gasteiger partial charge on any atom is 0.270 e. The third kappa shape index (κ3) is 4.23. The molecule has 0 radical (unpaired) electrons. The van der Waals surface area contributed by atoms with Gasteiger partial charge in [-0.3, -0.25) is 9.78 Å². The summed E-state index contributed by atoms with van der Waals surface area (Å²) in [4.78, 5) is 18.5. The van der Waals surface area contributed by atoms with E-state index in [1.165, 1.54) is 6.07 Å². The van der Waals surface area contributed by atoms with Crippen LogP contribution in [0.5, 0.6) is 11.5 Å². The first-order valence-electron chi connectivity index (χ1n) is 7.88. The van der Waals surface area contributed by atoms with Gasteiger partial charge in [0.2, 0.25) is 0 Å². The Kier molecular flexibility index (Phi) is 5.59. The highest BCUT2D eigenvalue weighted by Gasteiger charge is 2.19. The molecule has 134 valence electrons. The minimum atomic E-state index is -0.693.